The Hall–Kier alpha value is -2.15. The van der Waals surface area contributed by atoms with E-state index < -0.39 is 0 Å². The van der Waals surface area contributed by atoms with E-state index >= 15 is 0 Å². The van der Waals surface area contributed by atoms with Gasteiger partial charge in [0.15, 0.2) is 17.3 Å². The molecule has 1 aromatic carbocycles. The monoisotopic (exact) mass is 263 g/mol. The third-order valence-electron chi connectivity index (χ3n) is 2.83. The van der Waals surface area contributed by atoms with Gasteiger partial charge in [0, 0.05) is 12.1 Å². The first-order valence-corrected chi connectivity index (χ1v) is 5.92. The molecule has 0 fully saturated rings. The second-order valence-corrected chi connectivity index (χ2v) is 4.03. The van der Waals surface area contributed by atoms with E-state index in [4.69, 9.17) is 9.47 Å². The summed E-state index contributed by atoms with van der Waals surface area (Å²) in [4.78, 5) is 0. The van der Waals surface area contributed by atoms with E-state index in [1.807, 2.05) is 25.1 Å². The maximum Gasteiger partial charge on any atom is 0.191 e. The van der Waals surface area contributed by atoms with Gasteiger partial charge in [-0.15, -0.1) is 10.2 Å². The molecule has 0 bridgehead atoms. The first-order valence-electron chi connectivity index (χ1n) is 5.92. The van der Waals surface area contributed by atoms with Crippen molar-refractivity contribution in [2.24, 2.45) is 0 Å². The first-order chi connectivity index (χ1) is 9.26. The molecule has 2 rings (SSSR count). The molecule has 0 radical (unpaired) electrons. The van der Waals surface area contributed by atoms with Gasteiger partial charge in [-0.1, -0.05) is 17.3 Å². The molecule has 1 unspecified atom stereocenters. The number of aromatic nitrogens is 4. The minimum Gasteiger partial charge on any atom is -0.493 e. The molecule has 0 aliphatic heterocycles. The second-order valence-electron chi connectivity index (χ2n) is 4.03. The highest BCUT2D eigenvalue weighted by Crippen LogP contribution is 2.30. The number of H-pyrrole nitrogens is 1. The fourth-order valence-electron chi connectivity index (χ4n) is 1.80. The van der Waals surface area contributed by atoms with Crippen LogP contribution in [0.1, 0.15) is 24.4 Å². The number of tetrazole rings is 1. The van der Waals surface area contributed by atoms with Crippen LogP contribution in [-0.4, -0.2) is 34.8 Å². The number of rotatable bonds is 6. The molecule has 102 valence electrons. The maximum absolute atomic E-state index is 5.38. The first kappa shape index (κ1) is 13.3. The minimum absolute atomic E-state index is 0.00495. The predicted octanol–water partition coefficient (Wildman–Crippen LogP) is 1.07. The molecule has 0 spiro atoms. The van der Waals surface area contributed by atoms with Crippen LogP contribution in [0.25, 0.3) is 0 Å². The summed E-state index contributed by atoms with van der Waals surface area (Å²) >= 11 is 0. The molecule has 0 saturated heterocycles. The normalized spacial score (nSPS) is 12.2. The van der Waals surface area contributed by atoms with Crippen molar-refractivity contribution in [1.29, 1.82) is 0 Å². The van der Waals surface area contributed by atoms with Gasteiger partial charge in [0.2, 0.25) is 0 Å². The molecule has 1 aromatic heterocycles. The molecule has 0 saturated carbocycles. The van der Waals surface area contributed by atoms with Crippen LogP contribution >= 0.6 is 0 Å². The molecule has 2 N–H and O–H groups in total. The lowest BCUT2D eigenvalue weighted by Gasteiger charge is -2.14. The van der Waals surface area contributed by atoms with Crippen molar-refractivity contribution in [3.8, 4) is 11.5 Å². The van der Waals surface area contributed by atoms with E-state index in [1.54, 1.807) is 14.2 Å². The van der Waals surface area contributed by atoms with E-state index in [-0.39, 0.29) is 6.04 Å². The van der Waals surface area contributed by atoms with E-state index in [2.05, 4.69) is 25.9 Å². The minimum atomic E-state index is -0.00495. The Morgan fingerprint density at radius 2 is 2.16 bits per heavy atom. The molecule has 0 aliphatic carbocycles. The van der Waals surface area contributed by atoms with Crippen LogP contribution < -0.4 is 14.8 Å². The highest BCUT2D eigenvalue weighted by atomic mass is 16.5. The summed E-state index contributed by atoms with van der Waals surface area (Å²) in [5.41, 5.74) is 1.01. The summed E-state index contributed by atoms with van der Waals surface area (Å²) in [5, 5.41) is 17.2. The van der Waals surface area contributed by atoms with Crippen LogP contribution in [0.15, 0.2) is 18.2 Å². The zero-order chi connectivity index (χ0) is 13.7. The maximum atomic E-state index is 5.38. The number of hydrogen-bond donors (Lipinski definition) is 2. The molecule has 1 heterocycles. The molecule has 7 nitrogen and oxygen atoms in total. The topological polar surface area (TPSA) is 85.0 Å². The van der Waals surface area contributed by atoms with Gasteiger partial charge in [-0.05, 0) is 13.0 Å². The fourth-order valence-corrected chi connectivity index (χ4v) is 1.80. The molecule has 0 amide bonds. The largest absolute Gasteiger partial charge is 0.493 e. The summed E-state index contributed by atoms with van der Waals surface area (Å²) in [6.45, 7) is 2.59. The molecular weight excluding hydrogens is 246 g/mol. The Morgan fingerprint density at radius 1 is 1.32 bits per heavy atom. The van der Waals surface area contributed by atoms with Crippen LogP contribution in [-0.2, 0) is 6.54 Å². The van der Waals surface area contributed by atoms with E-state index in [0.29, 0.717) is 18.1 Å². The second kappa shape index (κ2) is 6.14. The summed E-state index contributed by atoms with van der Waals surface area (Å²) in [6, 6.07) is 5.77. The van der Waals surface area contributed by atoms with Crippen LogP contribution in [0.2, 0.25) is 0 Å². The zero-order valence-corrected chi connectivity index (χ0v) is 11.2. The van der Waals surface area contributed by atoms with Crippen LogP contribution in [0.4, 0.5) is 0 Å². The van der Waals surface area contributed by atoms with Gasteiger partial charge < -0.3 is 14.8 Å². The third-order valence-corrected chi connectivity index (χ3v) is 2.83. The Morgan fingerprint density at radius 3 is 2.79 bits per heavy atom. The lowest BCUT2D eigenvalue weighted by Crippen LogP contribution is -2.19. The average molecular weight is 263 g/mol. The number of nitrogens with one attached hydrogen (secondary N) is 2. The third kappa shape index (κ3) is 3.00. The van der Waals surface area contributed by atoms with Gasteiger partial charge in [0.25, 0.3) is 0 Å². The standard InChI is InChI=1S/C12H17N5O2/c1-8(12-14-16-17-15-12)13-7-9-5-4-6-10(18-2)11(9)19-3/h4-6,8,13H,7H2,1-3H3,(H,14,15,16,17). The molecule has 0 aliphatic rings. The Bertz CT molecular complexity index is 515. The van der Waals surface area contributed by atoms with Crippen LogP contribution in [0.5, 0.6) is 11.5 Å². The van der Waals surface area contributed by atoms with Gasteiger partial charge in [-0.25, -0.2) is 0 Å². The van der Waals surface area contributed by atoms with E-state index in [9.17, 15) is 0 Å². The summed E-state index contributed by atoms with van der Waals surface area (Å²) < 4.78 is 10.6. The molecule has 2 aromatic rings. The van der Waals surface area contributed by atoms with Gasteiger partial charge in [-0.3, -0.25) is 0 Å². The molecular formula is C12H17N5O2. The van der Waals surface area contributed by atoms with Gasteiger partial charge >= 0.3 is 0 Å². The van der Waals surface area contributed by atoms with Crippen molar-refractivity contribution in [3.63, 3.8) is 0 Å². The number of benzene rings is 1. The lowest BCUT2D eigenvalue weighted by molar-refractivity contribution is 0.350. The summed E-state index contributed by atoms with van der Waals surface area (Å²) in [7, 11) is 3.25. The van der Waals surface area contributed by atoms with Crippen molar-refractivity contribution in [1.82, 2.24) is 25.9 Å². The van der Waals surface area contributed by atoms with Crippen molar-refractivity contribution in [3.05, 3.63) is 29.6 Å². The molecule has 19 heavy (non-hydrogen) atoms. The Balaban J connectivity index is 2.07. The Kier molecular flexibility index (Phi) is 4.30. The van der Waals surface area contributed by atoms with Gasteiger partial charge in [0.1, 0.15) is 0 Å². The average Bonchev–Trinajstić information content (AvgIpc) is 2.98. The number of ether oxygens (including phenoxy) is 2. The van der Waals surface area contributed by atoms with Crippen molar-refractivity contribution in [2.75, 3.05) is 14.2 Å². The molecule has 1 atom stereocenters. The fraction of sp³-hybridized carbons (Fsp3) is 0.417. The Labute approximate surface area is 111 Å². The highest BCUT2D eigenvalue weighted by molar-refractivity contribution is 5.46. The highest BCUT2D eigenvalue weighted by Gasteiger charge is 2.13. The SMILES string of the molecule is COc1cccc(CNC(C)c2nn[nH]n2)c1OC. The van der Waals surface area contributed by atoms with Crippen molar-refractivity contribution in [2.45, 2.75) is 19.5 Å². The zero-order valence-electron chi connectivity index (χ0n) is 11.2. The summed E-state index contributed by atoms with van der Waals surface area (Å²) in [5.74, 6) is 2.08. The van der Waals surface area contributed by atoms with Crippen LogP contribution in [0, 0.1) is 0 Å². The smallest absolute Gasteiger partial charge is 0.191 e. The lowest BCUT2D eigenvalue weighted by atomic mass is 10.1. The van der Waals surface area contributed by atoms with Crippen molar-refractivity contribution < 1.29 is 9.47 Å². The number of para-hydroxylation sites is 1. The number of hydrogen-bond acceptors (Lipinski definition) is 6. The van der Waals surface area contributed by atoms with E-state index in [0.717, 1.165) is 11.3 Å². The van der Waals surface area contributed by atoms with E-state index in [1.165, 1.54) is 0 Å². The van der Waals surface area contributed by atoms with Crippen LogP contribution in [0.3, 0.4) is 0 Å². The predicted molar refractivity (Wildman–Crippen MR) is 69.0 cm³/mol. The van der Waals surface area contributed by atoms with Gasteiger partial charge in [-0.2, -0.15) is 5.21 Å². The number of nitrogens with zero attached hydrogens (tertiary/aromatic N) is 3. The quantitative estimate of drug-likeness (QED) is 0.811. The van der Waals surface area contributed by atoms with Gasteiger partial charge in [0.05, 0.1) is 20.3 Å². The molecule has 7 heteroatoms. The van der Waals surface area contributed by atoms with Crippen molar-refractivity contribution >= 4 is 0 Å². The number of methoxy groups -OCH3 is 2. The number of aromatic amines is 1. The summed E-state index contributed by atoms with van der Waals surface area (Å²) in [6.07, 6.45) is 0.